The topological polar surface area (TPSA) is 134 Å². The molecule has 40 heavy (non-hydrogen) atoms. The smallest absolute Gasteiger partial charge is 0.354 e. The van der Waals surface area contributed by atoms with E-state index in [0.29, 0.717) is 9.50 Å². The molecule has 2 aliphatic rings. The first-order valence-electron chi connectivity index (χ1n) is 11.9. The monoisotopic (exact) mass is 666 g/mol. The van der Waals surface area contributed by atoms with Crippen LogP contribution in [-0.4, -0.2) is 59.3 Å². The maximum Gasteiger partial charge on any atom is 0.354 e. The molecule has 1 aliphatic carbocycles. The molecule has 1 unspecified atom stereocenters. The van der Waals surface area contributed by atoms with Crippen LogP contribution in [0.4, 0.5) is 11.5 Å². The highest BCUT2D eigenvalue weighted by Crippen LogP contribution is 2.36. The van der Waals surface area contributed by atoms with E-state index >= 15 is 0 Å². The van der Waals surface area contributed by atoms with Crippen molar-refractivity contribution in [1.82, 2.24) is 14.9 Å². The third-order valence-corrected chi connectivity index (χ3v) is 8.61. The van der Waals surface area contributed by atoms with Crippen LogP contribution >= 0.6 is 39.1 Å². The fourth-order valence-corrected chi connectivity index (χ4v) is 6.17. The summed E-state index contributed by atoms with van der Waals surface area (Å²) in [5, 5.41) is 8.11. The van der Waals surface area contributed by atoms with E-state index in [0.717, 1.165) is 17.9 Å². The van der Waals surface area contributed by atoms with Crippen molar-refractivity contribution in [3.63, 3.8) is 0 Å². The predicted molar refractivity (Wildman–Crippen MR) is 154 cm³/mol. The quantitative estimate of drug-likeness (QED) is 0.358. The number of rotatable bonds is 7. The minimum Gasteiger partial charge on any atom is -0.378 e. The molecule has 11 nitrogen and oxygen atoms in total. The van der Waals surface area contributed by atoms with Gasteiger partial charge >= 0.3 is 10.1 Å². The van der Waals surface area contributed by atoms with Crippen LogP contribution in [0.2, 0.25) is 10.0 Å². The average molecular weight is 668 g/mol. The van der Waals surface area contributed by atoms with Gasteiger partial charge in [0, 0.05) is 59.7 Å². The minimum atomic E-state index is -4.41. The van der Waals surface area contributed by atoms with Gasteiger partial charge in [0.1, 0.15) is 11.8 Å². The van der Waals surface area contributed by atoms with Gasteiger partial charge in [-0.15, -0.1) is 0 Å². The second-order valence-corrected chi connectivity index (χ2v) is 12.3. The molecule has 1 N–H and O–H groups in total. The van der Waals surface area contributed by atoms with Crippen molar-refractivity contribution in [2.75, 3.05) is 17.4 Å². The maximum atomic E-state index is 13.7. The number of hydrazone groups is 1. The van der Waals surface area contributed by atoms with Crippen LogP contribution < -0.4 is 14.5 Å². The van der Waals surface area contributed by atoms with E-state index < -0.39 is 27.1 Å². The Morgan fingerprint density at radius 1 is 1.15 bits per heavy atom. The number of carbonyl (C=O) groups is 2. The molecule has 2 aromatic heterocycles. The lowest BCUT2D eigenvalue weighted by Crippen LogP contribution is -2.40. The number of carbonyl (C=O) groups excluding carboxylic acids is 2. The van der Waals surface area contributed by atoms with Gasteiger partial charge in [0.2, 0.25) is 5.91 Å². The molecule has 3 heterocycles. The lowest BCUT2D eigenvalue weighted by Gasteiger charge is -2.24. The number of amides is 2. The molecule has 1 fully saturated rings. The van der Waals surface area contributed by atoms with Crippen LogP contribution in [0.5, 0.6) is 5.75 Å². The Labute approximate surface area is 248 Å². The SMILES string of the molecule is CN(C(=O)c1cc(Cl)cc(Br)c1NC(=O)C1CC(S(=O)(=O)Oc2ccncc2)=NN1c1ncccc1Cl)C1CC1. The Kier molecular flexibility index (Phi) is 8.00. The number of nitrogens with zero attached hydrogens (tertiary/aromatic N) is 5. The highest BCUT2D eigenvalue weighted by Gasteiger charge is 2.42. The van der Waals surface area contributed by atoms with Crippen molar-refractivity contribution in [1.29, 1.82) is 0 Å². The van der Waals surface area contributed by atoms with Crippen LogP contribution in [0, 0.1) is 0 Å². The third-order valence-electron chi connectivity index (χ3n) is 6.23. The zero-order chi connectivity index (χ0) is 28.6. The zero-order valence-electron chi connectivity index (χ0n) is 20.8. The van der Waals surface area contributed by atoms with E-state index in [1.165, 1.54) is 42.9 Å². The molecule has 1 aliphatic heterocycles. The average Bonchev–Trinajstić information content (AvgIpc) is 3.67. The summed E-state index contributed by atoms with van der Waals surface area (Å²) in [5.41, 5.74) is 0.362. The molecule has 1 atom stereocenters. The van der Waals surface area contributed by atoms with Crippen LogP contribution in [-0.2, 0) is 14.9 Å². The Balaban J connectivity index is 1.48. The molecule has 2 amide bonds. The van der Waals surface area contributed by atoms with E-state index in [4.69, 9.17) is 27.4 Å². The number of hydrogen-bond donors (Lipinski definition) is 1. The molecular weight excluding hydrogens is 647 g/mol. The van der Waals surface area contributed by atoms with Crippen molar-refractivity contribution >= 4 is 77.6 Å². The van der Waals surface area contributed by atoms with E-state index in [9.17, 15) is 18.0 Å². The molecule has 1 saturated carbocycles. The summed E-state index contributed by atoms with van der Waals surface area (Å²) in [6.07, 6.45) is 5.62. The standard InChI is InChI=1S/C25H21BrCl2N6O5S/c1-33(15-4-5-15)25(36)17-11-14(27)12-18(26)22(17)31-24(35)20-13-21(32-34(20)23-19(28)3-2-8-30-23)40(37,38)39-16-6-9-29-10-7-16/h2-3,6-12,15,20H,4-5,13H2,1H3,(H,31,35). The number of nitrogens with one attached hydrogen (secondary N) is 1. The zero-order valence-corrected chi connectivity index (χ0v) is 24.7. The molecule has 15 heteroatoms. The molecule has 208 valence electrons. The first-order valence-corrected chi connectivity index (χ1v) is 14.9. The third kappa shape index (κ3) is 5.92. The summed E-state index contributed by atoms with van der Waals surface area (Å²) < 4.78 is 31.8. The molecule has 0 bridgehead atoms. The van der Waals surface area contributed by atoms with Gasteiger partial charge in [-0.2, -0.15) is 13.5 Å². The van der Waals surface area contributed by atoms with Crippen molar-refractivity contribution < 1.29 is 22.2 Å². The van der Waals surface area contributed by atoms with E-state index in [1.54, 1.807) is 24.1 Å². The number of pyridine rings is 2. The molecule has 0 saturated heterocycles. The number of benzene rings is 1. The lowest BCUT2D eigenvalue weighted by molar-refractivity contribution is -0.117. The highest BCUT2D eigenvalue weighted by atomic mass is 79.9. The summed E-state index contributed by atoms with van der Waals surface area (Å²) in [7, 11) is -2.72. The van der Waals surface area contributed by atoms with Gasteiger partial charge in [0.15, 0.2) is 10.9 Å². The summed E-state index contributed by atoms with van der Waals surface area (Å²) in [5.74, 6) is -0.882. The van der Waals surface area contributed by atoms with Crippen molar-refractivity contribution in [3.05, 3.63) is 75.1 Å². The van der Waals surface area contributed by atoms with Gasteiger partial charge in [-0.3, -0.25) is 14.6 Å². The predicted octanol–water partition coefficient (Wildman–Crippen LogP) is 4.72. The van der Waals surface area contributed by atoms with E-state index in [1.807, 2.05) is 0 Å². The Morgan fingerprint density at radius 2 is 1.88 bits per heavy atom. The molecule has 0 radical (unpaired) electrons. The summed E-state index contributed by atoms with van der Waals surface area (Å²) in [4.78, 5) is 36.7. The number of hydrogen-bond acceptors (Lipinski definition) is 9. The number of halogens is 3. The van der Waals surface area contributed by atoms with Crippen LogP contribution in [0.25, 0.3) is 0 Å². The molecule has 3 aromatic rings. The first-order chi connectivity index (χ1) is 19.0. The molecule has 0 spiro atoms. The van der Waals surface area contributed by atoms with Gasteiger partial charge in [-0.25, -0.2) is 9.99 Å². The lowest BCUT2D eigenvalue weighted by atomic mass is 10.1. The summed E-state index contributed by atoms with van der Waals surface area (Å²) in [6, 6.07) is 7.80. The molecular formula is C25H21BrCl2N6O5S. The van der Waals surface area contributed by atoms with E-state index in [-0.39, 0.29) is 46.2 Å². The molecule has 5 rings (SSSR count). The largest absolute Gasteiger partial charge is 0.378 e. The second-order valence-electron chi connectivity index (χ2n) is 9.03. The number of anilines is 2. The highest BCUT2D eigenvalue weighted by molar-refractivity contribution is 9.10. The molecule has 1 aromatic carbocycles. The van der Waals surface area contributed by atoms with Gasteiger partial charge in [-0.05, 0) is 53.0 Å². The van der Waals surface area contributed by atoms with Gasteiger partial charge in [0.05, 0.1) is 16.3 Å². The summed E-state index contributed by atoms with van der Waals surface area (Å²) >= 11 is 16.0. The van der Waals surface area contributed by atoms with E-state index in [2.05, 4.69) is 36.3 Å². The van der Waals surface area contributed by atoms with Gasteiger partial charge in [0.25, 0.3) is 5.91 Å². The van der Waals surface area contributed by atoms with Gasteiger partial charge in [-0.1, -0.05) is 23.2 Å². The van der Waals surface area contributed by atoms with Crippen LogP contribution in [0.1, 0.15) is 29.6 Å². The second kappa shape index (κ2) is 11.3. The Hall–Kier alpha value is -3.26. The van der Waals surface area contributed by atoms with Gasteiger partial charge < -0.3 is 14.4 Å². The fraction of sp³-hybridized carbons (Fsp3) is 0.240. The Morgan fingerprint density at radius 3 is 2.55 bits per heavy atom. The van der Waals surface area contributed by atoms with Crippen molar-refractivity contribution in [2.45, 2.75) is 31.3 Å². The fourth-order valence-electron chi connectivity index (χ4n) is 4.04. The minimum absolute atomic E-state index is 0.0288. The Bertz CT molecular complexity index is 1620. The number of aromatic nitrogens is 2. The van der Waals surface area contributed by atoms with Crippen molar-refractivity contribution in [3.8, 4) is 5.75 Å². The first kappa shape index (κ1) is 28.3. The van der Waals surface area contributed by atoms with Crippen LogP contribution in [0.15, 0.2) is 64.6 Å². The normalized spacial score (nSPS) is 16.9. The van der Waals surface area contributed by atoms with Crippen molar-refractivity contribution in [2.24, 2.45) is 5.10 Å². The van der Waals surface area contributed by atoms with Crippen LogP contribution in [0.3, 0.4) is 0 Å². The maximum absolute atomic E-state index is 13.7. The summed E-state index contributed by atoms with van der Waals surface area (Å²) in [6.45, 7) is 0.